The summed E-state index contributed by atoms with van der Waals surface area (Å²) in [6.45, 7) is 5.48. The van der Waals surface area contributed by atoms with Gasteiger partial charge < -0.3 is 4.74 Å². The van der Waals surface area contributed by atoms with E-state index in [0.717, 1.165) is 16.5 Å². The van der Waals surface area contributed by atoms with Crippen molar-refractivity contribution in [3.63, 3.8) is 0 Å². The van der Waals surface area contributed by atoms with Crippen LogP contribution in [0, 0.1) is 11.3 Å². The van der Waals surface area contributed by atoms with Gasteiger partial charge in [0.15, 0.2) is 0 Å². The van der Waals surface area contributed by atoms with E-state index in [9.17, 15) is 4.79 Å². The summed E-state index contributed by atoms with van der Waals surface area (Å²) in [6.07, 6.45) is 1.53. The fraction of sp³-hybridized carbons (Fsp3) is 0.333. The number of ether oxygens (including phenoxy) is 1. The van der Waals surface area contributed by atoms with Gasteiger partial charge in [-0.2, -0.15) is 5.26 Å². The summed E-state index contributed by atoms with van der Waals surface area (Å²) in [6, 6.07) is 9.62. The molecule has 0 saturated heterocycles. The van der Waals surface area contributed by atoms with Gasteiger partial charge in [-0.25, -0.2) is 4.79 Å². The van der Waals surface area contributed by atoms with Gasteiger partial charge >= 0.3 is 6.09 Å². The smallest absolute Gasteiger partial charge is 0.419 e. The van der Waals surface area contributed by atoms with Crippen LogP contribution < -0.4 is 0 Å². The molecule has 0 N–H and O–H groups in total. The predicted molar refractivity (Wildman–Crippen MR) is 72.9 cm³/mol. The molecule has 98 valence electrons. The normalized spacial score (nSPS) is 11.3. The highest BCUT2D eigenvalue weighted by Crippen LogP contribution is 2.23. The van der Waals surface area contributed by atoms with Gasteiger partial charge in [-0.3, -0.25) is 4.57 Å². The first-order valence-corrected chi connectivity index (χ1v) is 6.11. The van der Waals surface area contributed by atoms with Crippen molar-refractivity contribution in [1.29, 1.82) is 5.26 Å². The minimum absolute atomic E-state index is 0.274. The van der Waals surface area contributed by atoms with Crippen molar-refractivity contribution in [1.82, 2.24) is 4.57 Å². The lowest BCUT2D eigenvalue weighted by atomic mass is 10.1. The summed E-state index contributed by atoms with van der Waals surface area (Å²) in [5.41, 5.74) is 1.06. The van der Waals surface area contributed by atoms with Crippen molar-refractivity contribution in [2.45, 2.75) is 32.8 Å². The van der Waals surface area contributed by atoms with E-state index in [-0.39, 0.29) is 6.42 Å². The molecule has 1 aromatic carbocycles. The van der Waals surface area contributed by atoms with Gasteiger partial charge in [0.25, 0.3) is 0 Å². The molecule has 0 aliphatic rings. The molecule has 0 aliphatic heterocycles. The van der Waals surface area contributed by atoms with Crippen LogP contribution in [0.3, 0.4) is 0 Å². The molecule has 19 heavy (non-hydrogen) atoms. The monoisotopic (exact) mass is 256 g/mol. The number of carbonyl (C=O) groups is 1. The van der Waals surface area contributed by atoms with E-state index < -0.39 is 11.7 Å². The van der Waals surface area contributed by atoms with Crippen LogP contribution in [-0.2, 0) is 11.2 Å². The molecular weight excluding hydrogens is 240 g/mol. The maximum absolute atomic E-state index is 12.1. The molecule has 2 aromatic rings. The maximum atomic E-state index is 12.1. The zero-order valence-electron chi connectivity index (χ0n) is 11.3. The van der Waals surface area contributed by atoms with Crippen molar-refractivity contribution >= 4 is 17.0 Å². The van der Waals surface area contributed by atoms with E-state index >= 15 is 0 Å². The van der Waals surface area contributed by atoms with E-state index in [0.29, 0.717) is 0 Å². The molecule has 0 radical (unpaired) electrons. The number of hydrogen-bond acceptors (Lipinski definition) is 3. The third-order valence-electron chi connectivity index (χ3n) is 2.65. The van der Waals surface area contributed by atoms with E-state index in [2.05, 4.69) is 6.07 Å². The number of para-hydroxylation sites is 1. The van der Waals surface area contributed by atoms with Gasteiger partial charge in [-0.1, -0.05) is 18.2 Å². The van der Waals surface area contributed by atoms with Gasteiger partial charge in [0.1, 0.15) is 5.60 Å². The minimum atomic E-state index is -0.544. The van der Waals surface area contributed by atoms with Crippen molar-refractivity contribution in [3.8, 4) is 6.07 Å². The zero-order valence-corrected chi connectivity index (χ0v) is 11.3. The summed E-state index contributed by atoms with van der Waals surface area (Å²) in [5.74, 6) is 0. The Labute approximate surface area is 112 Å². The number of rotatable bonds is 1. The van der Waals surface area contributed by atoms with Crippen LogP contribution in [-0.4, -0.2) is 16.3 Å². The van der Waals surface area contributed by atoms with Crippen molar-refractivity contribution in [3.05, 3.63) is 36.0 Å². The topological polar surface area (TPSA) is 55.0 Å². The molecule has 4 nitrogen and oxygen atoms in total. The first kappa shape index (κ1) is 13.2. The molecule has 0 saturated carbocycles. The van der Waals surface area contributed by atoms with Crippen molar-refractivity contribution in [2.75, 3.05) is 0 Å². The molecule has 0 amide bonds. The molecule has 4 heteroatoms. The average molecular weight is 256 g/mol. The average Bonchev–Trinajstić information content (AvgIpc) is 2.67. The van der Waals surface area contributed by atoms with Crippen LogP contribution >= 0.6 is 0 Å². The van der Waals surface area contributed by atoms with Gasteiger partial charge in [0.05, 0.1) is 18.0 Å². The van der Waals surface area contributed by atoms with Crippen LogP contribution in [0.5, 0.6) is 0 Å². The van der Waals surface area contributed by atoms with E-state index in [4.69, 9.17) is 10.00 Å². The minimum Gasteiger partial charge on any atom is -0.443 e. The van der Waals surface area contributed by atoms with Gasteiger partial charge in [-0.15, -0.1) is 0 Å². The first-order valence-electron chi connectivity index (χ1n) is 6.11. The van der Waals surface area contributed by atoms with Crippen molar-refractivity contribution in [2.24, 2.45) is 0 Å². The van der Waals surface area contributed by atoms with Gasteiger partial charge in [-0.05, 0) is 32.4 Å². The first-order chi connectivity index (χ1) is 8.92. The number of nitriles is 1. The molecule has 0 spiro atoms. The lowest BCUT2D eigenvalue weighted by molar-refractivity contribution is 0.0544. The molecular formula is C15H16N2O2. The predicted octanol–water partition coefficient (Wildman–Crippen LogP) is 3.49. The van der Waals surface area contributed by atoms with Crippen LogP contribution in [0.15, 0.2) is 30.5 Å². The molecule has 2 rings (SSSR count). The van der Waals surface area contributed by atoms with E-state index in [1.54, 1.807) is 6.20 Å². The molecule has 1 aromatic heterocycles. The third kappa shape index (κ3) is 2.76. The molecule has 0 bridgehead atoms. The van der Waals surface area contributed by atoms with Gasteiger partial charge in [0, 0.05) is 11.6 Å². The van der Waals surface area contributed by atoms with Crippen LogP contribution in [0.4, 0.5) is 4.79 Å². The molecule has 1 heterocycles. The zero-order chi connectivity index (χ0) is 14.0. The Hall–Kier alpha value is -2.28. The van der Waals surface area contributed by atoms with Crippen molar-refractivity contribution < 1.29 is 9.53 Å². The standard InChI is InChI=1S/C15H16N2O2/c1-15(2,3)19-14(18)17-10-11(8-9-16)12-6-4-5-7-13(12)17/h4-7,10H,8H2,1-3H3. The highest BCUT2D eigenvalue weighted by molar-refractivity contribution is 5.92. The highest BCUT2D eigenvalue weighted by atomic mass is 16.6. The van der Waals surface area contributed by atoms with E-state index in [1.165, 1.54) is 4.57 Å². The largest absolute Gasteiger partial charge is 0.443 e. The number of hydrogen-bond donors (Lipinski definition) is 0. The second-order valence-corrected chi connectivity index (χ2v) is 5.36. The fourth-order valence-corrected chi connectivity index (χ4v) is 1.94. The van der Waals surface area contributed by atoms with Crippen LogP contribution in [0.1, 0.15) is 26.3 Å². The SMILES string of the molecule is CC(C)(C)OC(=O)n1cc(CC#N)c2ccccc21. The quantitative estimate of drug-likeness (QED) is 0.784. The molecule has 0 unspecified atom stereocenters. The lowest BCUT2D eigenvalue weighted by Gasteiger charge is -2.19. The number of benzene rings is 1. The number of nitrogens with zero attached hydrogens (tertiary/aromatic N) is 2. The number of fused-ring (bicyclic) bond motifs is 1. The molecule has 0 fully saturated rings. The Morgan fingerprint density at radius 3 is 2.68 bits per heavy atom. The summed E-state index contributed by atoms with van der Waals surface area (Å²) in [4.78, 5) is 12.1. The third-order valence-corrected chi connectivity index (χ3v) is 2.65. The highest BCUT2D eigenvalue weighted by Gasteiger charge is 2.20. The number of carbonyl (C=O) groups excluding carboxylic acids is 1. The Kier molecular flexibility index (Phi) is 3.30. The Morgan fingerprint density at radius 2 is 2.05 bits per heavy atom. The second-order valence-electron chi connectivity index (χ2n) is 5.36. The van der Waals surface area contributed by atoms with Crippen LogP contribution in [0.25, 0.3) is 10.9 Å². The van der Waals surface area contributed by atoms with Crippen LogP contribution in [0.2, 0.25) is 0 Å². The Bertz CT molecular complexity index is 657. The maximum Gasteiger partial charge on any atom is 0.419 e. The summed E-state index contributed by atoms with van der Waals surface area (Å²) < 4.78 is 6.83. The number of aromatic nitrogens is 1. The molecule has 0 atom stereocenters. The summed E-state index contributed by atoms with van der Waals surface area (Å²) in [5, 5.41) is 9.75. The fourth-order valence-electron chi connectivity index (χ4n) is 1.94. The summed E-state index contributed by atoms with van der Waals surface area (Å²) >= 11 is 0. The Morgan fingerprint density at radius 1 is 1.37 bits per heavy atom. The van der Waals surface area contributed by atoms with E-state index in [1.807, 2.05) is 45.0 Å². The second kappa shape index (κ2) is 4.77. The lowest BCUT2D eigenvalue weighted by Crippen LogP contribution is -2.26. The molecule has 0 aliphatic carbocycles. The van der Waals surface area contributed by atoms with Gasteiger partial charge in [0.2, 0.25) is 0 Å². The Balaban J connectivity index is 2.49. The summed E-state index contributed by atoms with van der Waals surface area (Å²) in [7, 11) is 0.